The van der Waals surface area contributed by atoms with Gasteiger partial charge in [0.15, 0.2) is 5.76 Å². The van der Waals surface area contributed by atoms with Gasteiger partial charge in [0.05, 0.1) is 23.3 Å². The number of hydrogen-bond acceptors (Lipinski definition) is 5. The number of oxazole rings is 1. The van der Waals surface area contributed by atoms with Crippen LogP contribution in [-0.4, -0.2) is 41.0 Å². The number of rotatable bonds is 4. The molecular formula is C20H17Cl2F3N4O. The monoisotopic (exact) mass is 456 g/mol. The molecular weight excluding hydrogens is 440 g/mol. The SMILES string of the molecule is FC(F)(F)c1cnc(N2CCN(Cc3ncc(-c4cccc(Cl)c4)o3)CC2)c(Cl)c1. The second-order valence-electron chi connectivity index (χ2n) is 6.92. The molecule has 1 saturated heterocycles. The summed E-state index contributed by atoms with van der Waals surface area (Å²) in [5.41, 5.74) is 0.00313. The molecule has 0 N–H and O–H groups in total. The van der Waals surface area contributed by atoms with Crippen LogP contribution in [0.25, 0.3) is 11.3 Å². The fraction of sp³-hybridized carbons (Fsp3) is 0.300. The van der Waals surface area contributed by atoms with Gasteiger partial charge in [-0.25, -0.2) is 9.97 Å². The predicted octanol–water partition coefficient (Wildman–Crippen LogP) is 5.38. The quantitative estimate of drug-likeness (QED) is 0.526. The van der Waals surface area contributed by atoms with Gasteiger partial charge in [0.1, 0.15) is 5.82 Å². The first-order valence-electron chi connectivity index (χ1n) is 9.20. The molecule has 4 rings (SSSR count). The predicted molar refractivity (Wildman–Crippen MR) is 109 cm³/mol. The molecule has 0 spiro atoms. The van der Waals surface area contributed by atoms with Crippen molar-refractivity contribution in [3.05, 3.63) is 64.2 Å². The summed E-state index contributed by atoms with van der Waals surface area (Å²) in [5, 5.41) is 0.620. The Labute approximate surface area is 181 Å². The molecule has 5 nitrogen and oxygen atoms in total. The summed E-state index contributed by atoms with van der Waals surface area (Å²) in [6, 6.07) is 8.26. The van der Waals surface area contributed by atoms with Crippen LogP contribution in [0.3, 0.4) is 0 Å². The first kappa shape index (κ1) is 21.0. The minimum atomic E-state index is -4.46. The van der Waals surface area contributed by atoms with Crippen molar-refractivity contribution >= 4 is 29.0 Å². The lowest BCUT2D eigenvalue weighted by molar-refractivity contribution is -0.137. The Kier molecular flexibility index (Phi) is 5.90. The van der Waals surface area contributed by atoms with E-state index in [0.29, 0.717) is 55.2 Å². The van der Waals surface area contributed by atoms with Gasteiger partial charge in [0, 0.05) is 43.0 Å². The molecule has 3 aromatic rings. The van der Waals surface area contributed by atoms with Crippen molar-refractivity contribution in [2.24, 2.45) is 0 Å². The van der Waals surface area contributed by atoms with E-state index in [9.17, 15) is 13.2 Å². The van der Waals surface area contributed by atoms with Gasteiger partial charge >= 0.3 is 6.18 Å². The van der Waals surface area contributed by atoms with Crippen molar-refractivity contribution in [1.82, 2.24) is 14.9 Å². The van der Waals surface area contributed by atoms with Crippen molar-refractivity contribution in [3.8, 4) is 11.3 Å². The summed E-state index contributed by atoms with van der Waals surface area (Å²) in [6.45, 7) is 3.05. The van der Waals surface area contributed by atoms with Gasteiger partial charge in [-0.3, -0.25) is 4.90 Å². The normalized spacial score (nSPS) is 15.6. The molecule has 0 amide bonds. The number of benzene rings is 1. The number of alkyl halides is 3. The maximum Gasteiger partial charge on any atom is 0.417 e. The maximum absolute atomic E-state index is 12.8. The molecule has 0 saturated carbocycles. The van der Waals surface area contributed by atoms with Crippen LogP contribution in [0.15, 0.2) is 47.1 Å². The zero-order chi connectivity index (χ0) is 21.3. The van der Waals surface area contributed by atoms with Crippen LogP contribution < -0.4 is 4.90 Å². The Morgan fingerprint density at radius 3 is 2.43 bits per heavy atom. The molecule has 30 heavy (non-hydrogen) atoms. The fourth-order valence-electron chi connectivity index (χ4n) is 3.29. The Hall–Kier alpha value is -2.29. The highest BCUT2D eigenvalue weighted by atomic mass is 35.5. The largest absolute Gasteiger partial charge is 0.439 e. The zero-order valence-corrected chi connectivity index (χ0v) is 17.2. The van der Waals surface area contributed by atoms with E-state index in [1.165, 1.54) is 0 Å². The van der Waals surface area contributed by atoms with Crippen molar-refractivity contribution in [3.63, 3.8) is 0 Å². The van der Waals surface area contributed by atoms with E-state index in [2.05, 4.69) is 14.9 Å². The third-order valence-corrected chi connectivity index (χ3v) is 5.36. The van der Waals surface area contributed by atoms with E-state index in [4.69, 9.17) is 27.6 Å². The third kappa shape index (κ3) is 4.71. The maximum atomic E-state index is 12.8. The van der Waals surface area contributed by atoms with Gasteiger partial charge in [-0.1, -0.05) is 35.3 Å². The lowest BCUT2D eigenvalue weighted by atomic mass is 10.2. The van der Waals surface area contributed by atoms with Crippen LogP contribution in [0.4, 0.5) is 19.0 Å². The van der Waals surface area contributed by atoms with Crippen LogP contribution in [0.5, 0.6) is 0 Å². The minimum Gasteiger partial charge on any atom is -0.439 e. The van der Waals surface area contributed by atoms with E-state index in [-0.39, 0.29) is 5.02 Å². The summed E-state index contributed by atoms with van der Waals surface area (Å²) in [7, 11) is 0. The number of hydrogen-bond donors (Lipinski definition) is 0. The van der Waals surface area contributed by atoms with Crippen LogP contribution in [0.1, 0.15) is 11.5 Å². The van der Waals surface area contributed by atoms with Crippen LogP contribution in [0.2, 0.25) is 10.0 Å². The second-order valence-corrected chi connectivity index (χ2v) is 7.76. The van der Waals surface area contributed by atoms with Crippen molar-refractivity contribution in [1.29, 1.82) is 0 Å². The van der Waals surface area contributed by atoms with Crippen molar-refractivity contribution in [2.75, 3.05) is 31.1 Å². The first-order valence-corrected chi connectivity index (χ1v) is 9.96. The molecule has 0 atom stereocenters. The van der Waals surface area contributed by atoms with Gasteiger partial charge < -0.3 is 9.32 Å². The molecule has 2 aromatic heterocycles. The van der Waals surface area contributed by atoms with Crippen molar-refractivity contribution < 1.29 is 17.6 Å². The number of nitrogens with zero attached hydrogens (tertiary/aromatic N) is 4. The molecule has 158 valence electrons. The Bertz CT molecular complexity index is 1030. The molecule has 1 aliphatic rings. The van der Waals surface area contributed by atoms with E-state index in [1.807, 2.05) is 23.1 Å². The molecule has 1 aromatic carbocycles. The number of aromatic nitrogens is 2. The minimum absolute atomic E-state index is 0.00265. The first-order chi connectivity index (χ1) is 14.3. The van der Waals surface area contributed by atoms with Crippen molar-refractivity contribution in [2.45, 2.75) is 12.7 Å². The number of halogens is 5. The standard InChI is InChI=1S/C20H17Cl2F3N4O/c21-15-3-1-2-13(8-15)17-11-26-18(30-17)12-28-4-6-29(7-5-28)19-16(22)9-14(10-27-19)20(23,24)25/h1-3,8-11H,4-7,12H2. The van der Waals surface area contributed by atoms with Gasteiger partial charge in [-0.2, -0.15) is 13.2 Å². The number of anilines is 1. The highest BCUT2D eigenvalue weighted by Gasteiger charge is 2.32. The van der Waals surface area contributed by atoms with Gasteiger partial charge in [0.25, 0.3) is 0 Å². The van der Waals surface area contributed by atoms with E-state index >= 15 is 0 Å². The molecule has 0 aliphatic carbocycles. The average Bonchev–Trinajstić information content (AvgIpc) is 3.16. The molecule has 0 unspecified atom stereocenters. The number of piperazine rings is 1. The zero-order valence-electron chi connectivity index (χ0n) is 15.7. The molecule has 1 aliphatic heterocycles. The topological polar surface area (TPSA) is 45.4 Å². The highest BCUT2D eigenvalue weighted by Crippen LogP contribution is 2.34. The summed E-state index contributed by atoms with van der Waals surface area (Å²) < 4.78 is 44.2. The summed E-state index contributed by atoms with van der Waals surface area (Å²) in [5.74, 6) is 1.60. The van der Waals surface area contributed by atoms with Gasteiger partial charge in [0.2, 0.25) is 5.89 Å². The van der Waals surface area contributed by atoms with E-state index in [1.54, 1.807) is 12.3 Å². The third-order valence-electron chi connectivity index (χ3n) is 4.84. The summed E-state index contributed by atoms with van der Waals surface area (Å²) >= 11 is 12.1. The van der Waals surface area contributed by atoms with E-state index < -0.39 is 11.7 Å². The van der Waals surface area contributed by atoms with Crippen LogP contribution >= 0.6 is 23.2 Å². The van der Waals surface area contributed by atoms with E-state index in [0.717, 1.165) is 17.8 Å². The Morgan fingerprint density at radius 1 is 1.00 bits per heavy atom. The van der Waals surface area contributed by atoms with Crippen LogP contribution in [0, 0.1) is 0 Å². The molecule has 3 heterocycles. The molecule has 10 heteroatoms. The van der Waals surface area contributed by atoms with Crippen LogP contribution in [-0.2, 0) is 12.7 Å². The van der Waals surface area contributed by atoms with Gasteiger partial charge in [-0.15, -0.1) is 0 Å². The van der Waals surface area contributed by atoms with Gasteiger partial charge in [-0.05, 0) is 18.2 Å². The lowest BCUT2D eigenvalue weighted by Crippen LogP contribution is -2.46. The molecule has 0 radical (unpaired) electrons. The average molecular weight is 457 g/mol. The smallest absolute Gasteiger partial charge is 0.417 e. The second kappa shape index (κ2) is 8.45. The highest BCUT2D eigenvalue weighted by molar-refractivity contribution is 6.33. The Balaban J connectivity index is 1.36. The lowest BCUT2D eigenvalue weighted by Gasteiger charge is -2.35. The molecule has 1 fully saturated rings. The fourth-order valence-corrected chi connectivity index (χ4v) is 3.76. The summed E-state index contributed by atoms with van der Waals surface area (Å²) in [6.07, 6.45) is -1.98. The Morgan fingerprint density at radius 2 is 1.77 bits per heavy atom. The summed E-state index contributed by atoms with van der Waals surface area (Å²) in [4.78, 5) is 12.3. The number of pyridine rings is 1. The molecule has 0 bridgehead atoms.